The number of halogens is 6. The smallest absolute Gasteiger partial charge is 0.512 e. The molecule has 7 aromatic heterocycles. The number of aliphatic hydroxyl groups excluding tert-OH is 4. The fourth-order valence-electron chi connectivity index (χ4n) is 8.99. The Morgan fingerprint density at radius 2 is 0.973 bits per heavy atom. The standard InChI is InChI=1S/C15H12O2.C12H13BN8.C11H20O2.C10H10N2.C9H7NO.C8H9NO.C6H5NO2.C5H2F6O2.C5H8O2/c16-14(12-7-3-1-4-8-12)11-15(17)13-9-5-2-6-10-13;1-5-14-18(9-1)13(19-10-2-6-15-19,20-11-3-7-16-20)21-12-4-8-17-21;1-10(2,3)8(12)7-9(13)11(4,5)6;1-11-9-6-2-4-8-5-3-7-12-10(8)9;11-8-5-1-3-7-4-2-6-10-9(7)8;1-9-6-7-4-2-3-5-8(7)10;8-6(9)5-3-1-2-4-7-5;6-4(7,8)2(12)1-3(13)5(9,10)11;1-4(6)3-5(2)7/h1-11,16H;1-12,14H;7,12H,1-6H3;2-7,11H,1H3;1-6,11H;2-6,10H,1H3;1-4H,(H,8,9);1,12H;3,6H,1-2H3/b14-11-;;8-7-;;;;;2-1-;4-3-. The van der Waals surface area contributed by atoms with E-state index in [0.717, 1.165) is 22.2 Å². The van der Waals surface area contributed by atoms with Gasteiger partial charge in [-0.15, -0.1) is 0 Å². The van der Waals surface area contributed by atoms with Crippen molar-refractivity contribution in [2.24, 2.45) is 15.8 Å². The number of phenolic OH excluding ortho intramolecular Hbond substituents is 2. The maximum Gasteiger partial charge on any atom is 0.665 e. The SMILES string of the molecule is CC(=O)/C=C(/C)O.CC(C)(C)C(=O)/C=C(\O)C(C)(C)C.CN=Cc1ccccc1O.CNc1cccc2cccnc12.O=C(/C=C(\O)C(F)(F)F)C(F)(F)F.O=C(/C=C(\O)c1ccccc1)c1ccccc1.O=C(O)c1ccccn1.Oc1cccc2cccnc12.c1cnn([B-](n2cccn2)(n2cccn2)[n+]2ccc[nH]2)c1. The number of carboxylic acids is 1. The number of nitrogens with one attached hydrogen (secondary N) is 2. The summed E-state index contributed by atoms with van der Waals surface area (Å²) in [6.45, 7) is 12.2. The summed E-state index contributed by atoms with van der Waals surface area (Å²) in [6, 6.07) is 56.5. The third-order valence-corrected chi connectivity index (χ3v) is 14.6. The summed E-state index contributed by atoms with van der Waals surface area (Å²) < 4.78 is 75.5. The number of ketones is 4. The van der Waals surface area contributed by atoms with Gasteiger partial charge in [0, 0.05) is 126 Å². The summed E-state index contributed by atoms with van der Waals surface area (Å²) in [5, 5.41) is 84.2. The number of aliphatic hydroxyl groups is 4. The topological polar surface area (TPSA) is 363 Å². The zero-order chi connectivity index (χ0) is 84.0. The first kappa shape index (κ1) is 91.3. The van der Waals surface area contributed by atoms with E-state index in [2.05, 4.69) is 57.8 Å². The fourth-order valence-corrected chi connectivity index (χ4v) is 8.99. The van der Waals surface area contributed by atoms with E-state index in [1.807, 2.05) is 201 Å². The highest BCUT2D eigenvalue weighted by atomic mass is 19.4. The normalized spacial score (nSPS) is 11.6. The largest absolute Gasteiger partial charge is 0.665 e. The van der Waals surface area contributed by atoms with Crippen molar-refractivity contribution in [1.29, 1.82) is 0 Å². The van der Waals surface area contributed by atoms with Gasteiger partial charge in [-0.05, 0) is 99.2 Å². The van der Waals surface area contributed by atoms with Gasteiger partial charge in [-0.3, -0.25) is 38.7 Å². The minimum absolute atomic E-state index is 0.0144. The molecule has 0 spiro atoms. The zero-order valence-electron chi connectivity index (χ0n) is 63.1. The number of aromatic hydroxyl groups is 2. The number of phenols is 2. The van der Waals surface area contributed by atoms with Crippen molar-refractivity contribution in [1.82, 2.24) is 49.1 Å². The number of carbonyl (C=O) groups is 5. The molecular formula is C81H86BF6N13O12. The highest BCUT2D eigenvalue weighted by molar-refractivity contribution is 6.65. The molecule has 0 radical (unpaired) electrons. The molecule has 5 aromatic carbocycles. The van der Waals surface area contributed by atoms with E-state index in [9.17, 15) is 65.6 Å². The Morgan fingerprint density at radius 3 is 1.38 bits per heavy atom. The second-order valence-electron chi connectivity index (χ2n) is 25.5. The first-order valence-electron chi connectivity index (χ1n) is 33.9. The van der Waals surface area contributed by atoms with E-state index in [4.69, 9.17) is 20.4 Å². The van der Waals surface area contributed by atoms with Crippen molar-refractivity contribution >= 4 is 75.3 Å². The third-order valence-electron chi connectivity index (χ3n) is 14.6. The summed E-state index contributed by atoms with van der Waals surface area (Å²) in [5.41, 5.74) is 4.04. The van der Waals surface area contributed by atoms with E-state index < -0.39 is 48.0 Å². The lowest BCUT2D eigenvalue weighted by Gasteiger charge is -2.32. The lowest BCUT2D eigenvalue weighted by molar-refractivity contribution is -0.618. The van der Waals surface area contributed by atoms with Gasteiger partial charge in [0.1, 0.15) is 40.4 Å². The highest BCUT2D eigenvalue weighted by Crippen LogP contribution is 2.28. The van der Waals surface area contributed by atoms with Crippen molar-refractivity contribution in [3.05, 3.63) is 320 Å². The van der Waals surface area contributed by atoms with E-state index in [1.54, 1.807) is 111 Å². The van der Waals surface area contributed by atoms with Gasteiger partial charge in [-0.25, -0.2) is 30.2 Å². The van der Waals surface area contributed by atoms with Gasteiger partial charge in [-0.1, -0.05) is 157 Å². The van der Waals surface area contributed by atoms with Crippen LogP contribution in [0, 0.1) is 10.8 Å². The maximum atomic E-state index is 11.8. The van der Waals surface area contributed by atoms with Crippen molar-refractivity contribution in [2.45, 2.75) is 67.7 Å². The number of allylic oxidation sites excluding steroid dienone is 7. The van der Waals surface area contributed by atoms with Crippen LogP contribution in [0.1, 0.15) is 87.4 Å². The van der Waals surface area contributed by atoms with E-state index in [-0.39, 0.29) is 57.2 Å². The average molecular weight is 1560 g/mol. The number of anilines is 1. The average Bonchev–Trinajstić information content (AvgIpc) is 1.62. The molecule has 0 atom stereocenters. The number of nitrogens with zero attached hydrogens (tertiary/aromatic N) is 11. The molecule has 12 rings (SSSR count). The number of aromatic nitrogens is 11. The van der Waals surface area contributed by atoms with Crippen LogP contribution in [0.2, 0.25) is 0 Å². The van der Waals surface area contributed by atoms with Crippen LogP contribution in [0.25, 0.3) is 27.6 Å². The molecule has 0 unspecified atom stereocenters. The van der Waals surface area contributed by atoms with Crippen LogP contribution in [-0.4, -0.2) is 153 Å². The van der Waals surface area contributed by atoms with Gasteiger partial charge >= 0.3 is 25.0 Å². The Labute approximate surface area is 646 Å². The maximum absolute atomic E-state index is 11.8. The molecule has 25 nitrogen and oxygen atoms in total. The number of pyridine rings is 3. The number of carbonyl (C=O) groups excluding carboxylic acids is 4. The number of rotatable bonds is 13. The number of fused-ring (bicyclic) bond motifs is 2. The number of benzene rings is 5. The molecule has 0 fully saturated rings. The first-order valence-corrected chi connectivity index (χ1v) is 33.9. The highest BCUT2D eigenvalue weighted by Gasteiger charge is 2.50. The quantitative estimate of drug-likeness (QED) is 0.0129. The molecule has 0 saturated carbocycles. The Morgan fingerprint density at radius 1 is 0.496 bits per heavy atom. The van der Waals surface area contributed by atoms with Gasteiger partial charge in [0.25, 0.3) is 5.78 Å². The molecule has 0 bridgehead atoms. The van der Waals surface area contributed by atoms with Gasteiger partial charge in [0.05, 0.1) is 23.2 Å². The van der Waals surface area contributed by atoms with Crippen LogP contribution in [-0.2, 0) is 14.4 Å². The first-order chi connectivity index (χ1) is 53.4. The number of H-pyrrole nitrogens is 1. The molecule has 0 amide bonds. The minimum Gasteiger partial charge on any atom is -0.512 e. The van der Waals surface area contributed by atoms with Crippen LogP contribution in [0.4, 0.5) is 32.0 Å². The fraction of sp³-hybridized carbons (Fsp3) is 0.173. The van der Waals surface area contributed by atoms with Crippen molar-refractivity contribution in [3.63, 3.8) is 0 Å². The molecular weight excluding hydrogens is 1470 g/mol. The van der Waals surface area contributed by atoms with Crippen molar-refractivity contribution in [2.75, 3.05) is 19.4 Å². The summed E-state index contributed by atoms with van der Waals surface area (Å²) in [5.74, 6) is -5.99. The van der Waals surface area contributed by atoms with Gasteiger partial charge in [0.2, 0.25) is 5.76 Å². The molecule has 0 aliphatic heterocycles. The molecule has 0 aliphatic carbocycles. The lowest BCUT2D eigenvalue weighted by Crippen LogP contribution is -2.80. The lowest BCUT2D eigenvalue weighted by atomic mass is 9.75. The number of hydrogen-bond acceptors (Lipinski definition) is 19. The van der Waals surface area contributed by atoms with Crippen LogP contribution in [0.3, 0.4) is 0 Å². The molecule has 32 heteroatoms. The van der Waals surface area contributed by atoms with Gasteiger partial charge < -0.3 is 54.8 Å². The Kier molecular flexibility index (Phi) is 35.9. The van der Waals surface area contributed by atoms with Crippen LogP contribution >= 0.6 is 0 Å². The third kappa shape index (κ3) is 30.5. The summed E-state index contributed by atoms with van der Waals surface area (Å²) in [7, 11) is 3.58. The summed E-state index contributed by atoms with van der Waals surface area (Å²) in [6.07, 6.45) is 13.3. The van der Waals surface area contributed by atoms with Crippen LogP contribution in [0.15, 0.2) is 303 Å². The number of aromatic carboxylic acids is 1. The Hall–Kier alpha value is -14.1. The van der Waals surface area contributed by atoms with E-state index in [0.29, 0.717) is 16.6 Å². The molecule has 0 aliphatic rings. The molecule has 7 heterocycles. The summed E-state index contributed by atoms with van der Waals surface area (Å²) in [4.78, 5) is 69.0. The molecule has 592 valence electrons. The Bertz CT molecular complexity index is 4870. The van der Waals surface area contributed by atoms with E-state index in [1.165, 1.54) is 49.7 Å². The minimum atomic E-state index is -5.42. The van der Waals surface area contributed by atoms with E-state index >= 15 is 0 Å². The number of para-hydroxylation sites is 3. The molecule has 9 N–H and O–H groups in total. The number of alkyl halides is 6. The number of carboxylic acid groups (broad SMARTS) is 1. The molecule has 0 saturated heterocycles. The zero-order valence-corrected chi connectivity index (χ0v) is 63.1. The van der Waals surface area contributed by atoms with Crippen LogP contribution in [0.5, 0.6) is 11.5 Å². The number of hydrogen-bond donors (Lipinski definition) is 9. The van der Waals surface area contributed by atoms with Crippen molar-refractivity contribution in [3.8, 4) is 11.5 Å². The van der Waals surface area contributed by atoms with Crippen LogP contribution < -0.4 is 9.91 Å². The predicted octanol–water partition coefficient (Wildman–Crippen LogP) is 16.0. The second-order valence-corrected chi connectivity index (χ2v) is 25.5. The number of aromatic amines is 1. The van der Waals surface area contributed by atoms with Gasteiger partial charge in [0.15, 0.2) is 17.3 Å². The Balaban J connectivity index is 0.000000273. The van der Waals surface area contributed by atoms with Crippen molar-refractivity contribution < 1.29 is 90.7 Å². The number of aliphatic imine (C=N–C) groups is 1. The monoisotopic (exact) mass is 1560 g/mol. The molecule has 113 heavy (non-hydrogen) atoms. The predicted molar refractivity (Wildman–Crippen MR) is 420 cm³/mol. The van der Waals surface area contributed by atoms with Gasteiger partial charge in [-0.2, -0.15) is 26.3 Å². The summed E-state index contributed by atoms with van der Waals surface area (Å²) >= 11 is 0. The molecule has 12 aromatic rings. The second kappa shape index (κ2) is 44.4.